The second-order valence-corrected chi connectivity index (χ2v) is 5.72. The second-order valence-electron chi connectivity index (χ2n) is 5.72. The Labute approximate surface area is 151 Å². The van der Waals surface area contributed by atoms with E-state index in [9.17, 15) is 4.39 Å². The lowest BCUT2D eigenvalue weighted by Gasteiger charge is -2.12. The summed E-state index contributed by atoms with van der Waals surface area (Å²) < 4.78 is 18.8. The average molecular weight is 355 g/mol. The van der Waals surface area contributed by atoms with Crippen LogP contribution in [-0.2, 0) is 6.42 Å². The minimum absolute atomic E-state index is 0.234. The van der Waals surface area contributed by atoms with Gasteiger partial charge in [-0.2, -0.15) is 0 Å². The Morgan fingerprint density at radius 3 is 2.96 bits per heavy atom. The maximum atomic E-state index is 13.2. The fraction of sp³-hybridized carbons (Fsp3) is 0.263. The molecule has 0 radical (unpaired) electrons. The van der Waals surface area contributed by atoms with Gasteiger partial charge in [0.05, 0.1) is 12.7 Å². The van der Waals surface area contributed by atoms with Gasteiger partial charge in [0, 0.05) is 36.9 Å². The number of hydrogen-bond acceptors (Lipinski definition) is 3. The number of hydrogen-bond donors (Lipinski definition) is 3. The molecule has 136 valence electrons. The van der Waals surface area contributed by atoms with Crippen LogP contribution >= 0.6 is 0 Å². The number of aliphatic imine (C=N–C) groups is 1. The maximum Gasteiger partial charge on any atom is 0.191 e. The van der Waals surface area contributed by atoms with Gasteiger partial charge in [-0.3, -0.25) is 9.98 Å². The van der Waals surface area contributed by atoms with Crippen LogP contribution in [0.15, 0.2) is 53.9 Å². The Morgan fingerprint density at radius 1 is 1.27 bits per heavy atom. The highest BCUT2D eigenvalue weighted by atomic mass is 19.1. The molecule has 0 aliphatic rings. The van der Waals surface area contributed by atoms with Crippen molar-refractivity contribution in [3.05, 3.63) is 60.3 Å². The Morgan fingerprint density at radius 2 is 2.15 bits per heavy atom. The number of guanidine groups is 1. The van der Waals surface area contributed by atoms with E-state index in [1.807, 2.05) is 18.3 Å². The molecule has 26 heavy (non-hydrogen) atoms. The van der Waals surface area contributed by atoms with Crippen LogP contribution in [0, 0.1) is 5.82 Å². The van der Waals surface area contributed by atoms with E-state index in [1.54, 1.807) is 25.5 Å². The molecule has 2 aromatic heterocycles. The number of pyridine rings is 1. The summed E-state index contributed by atoms with van der Waals surface area (Å²) in [4.78, 5) is 11.3. The number of rotatable bonds is 7. The van der Waals surface area contributed by atoms with Crippen LogP contribution in [0.4, 0.5) is 4.39 Å². The van der Waals surface area contributed by atoms with Gasteiger partial charge in [0.2, 0.25) is 0 Å². The predicted octanol–water partition coefficient (Wildman–Crippen LogP) is 2.49. The number of aromatic amines is 1. The number of halogens is 1. The van der Waals surface area contributed by atoms with Crippen LogP contribution in [0.2, 0.25) is 0 Å². The minimum Gasteiger partial charge on any atom is -0.490 e. The topological polar surface area (TPSA) is 74.3 Å². The SMILES string of the molecule is CN=C(NCCOc1cccnc1)NCCc1c[nH]c2cc(F)ccc12. The Balaban J connectivity index is 1.41. The van der Waals surface area contributed by atoms with E-state index in [1.165, 1.54) is 12.1 Å². The van der Waals surface area contributed by atoms with Crippen LogP contribution in [0.1, 0.15) is 5.56 Å². The molecule has 7 heteroatoms. The molecule has 0 saturated heterocycles. The van der Waals surface area contributed by atoms with Crippen LogP contribution in [0.3, 0.4) is 0 Å². The van der Waals surface area contributed by atoms with Crippen molar-refractivity contribution in [3.8, 4) is 5.75 Å². The van der Waals surface area contributed by atoms with Crippen molar-refractivity contribution in [2.45, 2.75) is 6.42 Å². The molecule has 0 amide bonds. The molecule has 0 spiro atoms. The van der Waals surface area contributed by atoms with Crippen LogP contribution in [-0.4, -0.2) is 42.7 Å². The molecule has 0 aliphatic carbocycles. The van der Waals surface area contributed by atoms with Crippen molar-refractivity contribution in [1.29, 1.82) is 0 Å². The highest BCUT2D eigenvalue weighted by Crippen LogP contribution is 2.19. The van der Waals surface area contributed by atoms with Crippen LogP contribution in [0.25, 0.3) is 10.9 Å². The maximum absolute atomic E-state index is 13.2. The first-order valence-corrected chi connectivity index (χ1v) is 8.49. The number of fused-ring (bicyclic) bond motifs is 1. The Bertz CT molecular complexity index is 863. The molecule has 1 aromatic carbocycles. The van der Waals surface area contributed by atoms with E-state index in [-0.39, 0.29) is 5.82 Å². The van der Waals surface area contributed by atoms with Crippen LogP contribution in [0.5, 0.6) is 5.75 Å². The van der Waals surface area contributed by atoms with E-state index >= 15 is 0 Å². The molecule has 0 atom stereocenters. The molecule has 2 heterocycles. The summed E-state index contributed by atoms with van der Waals surface area (Å²) >= 11 is 0. The lowest BCUT2D eigenvalue weighted by Crippen LogP contribution is -2.40. The van der Waals surface area contributed by atoms with E-state index < -0.39 is 0 Å². The van der Waals surface area contributed by atoms with Crippen molar-refractivity contribution in [2.75, 3.05) is 26.7 Å². The zero-order valence-corrected chi connectivity index (χ0v) is 14.6. The van der Waals surface area contributed by atoms with Gasteiger partial charge in [0.15, 0.2) is 5.96 Å². The molecule has 0 unspecified atom stereocenters. The van der Waals surface area contributed by atoms with Gasteiger partial charge >= 0.3 is 0 Å². The predicted molar refractivity (Wildman–Crippen MR) is 101 cm³/mol. The lowest BCUT2D eigenvalue weighted by atomic mass is 10.1. The summed E-state index contributed by atoms with van der Waals surface area (Å²) in [6, 6.07) is 8.50. The van der Waals surface area contributed by atoms with Gasteiger partial charge in [-0.15, -0.1) is 0 Å². The summed E-state index contributed by atoms with van der Waals surface area (Å²) in [5, 5.41) is 7.51. The number of nitrogens with zero attached hydrogens (tertiary/aromatic N) is 2. The van der Waals surface area contributed by atoms with Gasteiger partial charge in [0.1, 0.15) is 18.2 Å². The molecule has 0 saturated carbocycles. The smallest absolute Gasteiger partial charge is 0.191 e. The van der Waals surface area contributed by atoms with Gasteiger partial charge in [0.25, 0.3) is 0 Å². The van der Waals surface area contributed by atoms with Crippen LogP contribution < -0.4 is 15.4 Å². The minimum atomic E-state index is -0.234. The zero-order valence-electron chi connectivity index (χ0n) is 14.6. The monoisotopic (exact) mass is 355 g/mol. The zero-order chi connectivity index (χ0) is 18.2. The Hall–Kier alpha value is -3.09. The molecule has 3 rings (SSSR count). The first kappa shape index (κ1) is 17.7. The number of nitrogens with one attached hydrogen (secondary N) is 3. The van der Waals surface area contributed by atoms with Crippen molar-refractivity contribution in [1.82, 2.24) is 20.6 Å². The standard InChI is InChI=1S/C19H22FN5O/c1-21-19(24-9-10-26-16-3-2-7-22-13-16)23-8-6-14-12-25-18-11-15(20)4-5-17(14)18/h2-5,7,11-13,25H,6,8-10H2,1H3,(H2,21,23,24). The summed E-state index contributed by atoms with van der Waals surface area (Å²) in [5.74, 6) is 1.22. The van der Waals surface area contributed by atoms with Gasteiger partial charge in [-0.1, -0.05) is 0 Å². The number of aromatic nitrogens is 2. The third-order valence-corrected chi connectivity index (χ3v) is 3.94. The number of benzene rings is 1. The summed E-state index contributed by atoms with van der Waals surface area (Å²) in [6.45, 7) is 1.86. The summed E-state index contributed by atoms with van der Waals surface area (Å²) in [5.41, 5.74) is 1.96. The molecule has 6 nitrogen and oxygen atoms in total. The quantitative estimate of drug-likeness (QED) is 0.346. The van der Waals surface area contributed by atoms with E-state index in [2.05, 4.69) is 25.6 Å². The van der Waals surface area contributed by atoms with E-state index in [4.69, 9.17) is 4.74 Å². The third-order valence-electron chi connectivity index (χ3n) is 3.94. The number of H-pyrrole nitrogens is 1. The molecule has 3 N–H and O–H groups in total. The van der Waals surface area contributed by atoms with Crippen molar-refractivity contribution in [2.24, 2.45) is 4.99 Å². The molecular weight excluding hydrogens is 333 g/mol. The second kappa shape index (κ2) is 8.84. The van der Waals surface area contributed by atoms with Gasteiger partial charge in [-0.25, -0.2) is 4.39 Å². The molecule has 0 fully saturated rings. The highest BCUT2D eigenvalue weighted by Gasteiger charge is 2.05. The molecule has 0 aliphatic heterocycles. The van der Waals surface area contributed by atoms with Gasteiger partial charge in [-0.05, 0) is 42.3 Å². The van der Waals surface area contributed by atoms with E-state index in [0.717, 1.165) is 28.6 Å². The number of ether oxygens (including phenoxy) is 1. The van der Waals surface area contributed by atoms with Crippen molar-refractivity contribution < 1.29 is 9.13 Å². The average Bonchev–Trinajstić information content (AvgIpc) is 3.06. The normalized spacial score (nSPS) is 11.5. The lowest BCUT2D eigenvalue weighted by molar-refractivity contribution is 0.320. The third kappa shape index (κ3) is 4.72. The van der Waals surface area contributed by atoms with Crippen molar-refractivity contribution in [3.63, 3.8) is 0 Å². The fourth-order valence-electron chi connectivity index (χ4n) is 2.67. The first-order valence-electron chi connectivity index (χ1n) is 8.49. The van der Waals surface area contributed by atoms with Crippen molar-refractivity contribution >= 4 is 16.9 Å². The van der Waals surface area contributed by atoms with E-state index in [0.29, 0.717) is 25.7 Å². The molecule has 0 bridgehead atoms. The molecular formula is C19H22FN5O. The summed E-state index contributed by atoms with van der Waals surface area (Å²) in [6.07, 6.45) is 6.11. The first-order chi connectivity index (χ1) is 12.8. The Kier molecular flexibility index (Phi) is 6.03. The summed E-state index contributed by atoms with van der Waals surface area (Å²) in [7, 11) is 1.73. The van der Waals surface area contributed by atoms with Gasteiger partial charge < -0.3 is 20.4 Å². The fourth-order valence-corrected chi connectivity index (χ4v) is 2.67. The highest BCUT2D eigenvalue weighted by molar-refractivity contribution is 5.83. The molecule has 3 aromatic rings. The largest absolute Gasteiger partial charge is 0.490 e.